The average molecular weight is 640 g/mol. The highest BCUT2D eigenvalue weighted by molar-refractivity contribution is 9.40. The number of ether oxygens (including phenoxy) is 2. The topological polar surface area (TPSA) is 35.5 Å². The first-order valence-corrected chi connectivity index (χ1v) is 12.1. The summed E-state index contributed by atoms with van der Waals surface area (Å²) in [5.41, 5.74) is 0.757. The molecule has 3 rings (SSSR count). The largest absolute Gasteiger partial charge is 0.461 e. The minimum Gasteiger partial charge on any atom is -0.461 e. The maximum atomic E-state index is 12.7. The summed E-state index contributed by atoms with van der Waals surface area (Å²) < 4.78 is 11.0. The predicted octanol–water partition coefficient (Wildman–Crippen LogP) is 7.40. The van der Waals surface area contributed by atoms with Gasteiger partial charge in [-0.25, -0.2) is 0 Å². The van der Waals surface area contributed by atoms with Crippen molar-refractivity contribution in [2.45, 2.75) is 27.4 Å². The molecule has 3 nitrogen and oxygen atoms in total. The van der Waals surface area contributed by atoms with Gasteiger partial charge in [-0.05, 0) is 41.2 Å². The van der Waals surface area contributed by atoms with Gasteiger partial charge in [0.05, 0.1) is 10.7 Å². The van der Waals surface area contributed by atoms with E-state index in [-0.39, 0.29) is 34.7 Å². The second-order valence-electron chi connectivity index (χ2n) is 7.44. The summed E-state index contributed by atoms with van der Waals surface area (Å²) in [7, 11) is 0. The van der Waals surface area contributed by atoms with Gasteiger partial charge in [-0.3, -0.25) is 4.79 Å². The second kappa shape index (κ2) is 8.78. The number of hydrogen-bond acceptors (Lipinski definition) is 3. The van der Waals surface area contributed by atoms with Gasteiger partial charge in [0.25, 0.3) is 0 Å². The smallest absolute Gasteiger partial charge is 0.310 e. The highest BCUT2D eigenvalue weighted by Crippen LogP contribution is 2.66. The van der Waals surface area contributed by atoms with Crippen LogP contribution in [0, 0.1) is 17.3 Å². The molecule has 3 atom stereocenters. The fourth-order valence-electron chi connectivity index (χ4n) is 3.45. The number of alkyl halides is 4. The molecule has 28 heavy (non-hydrogen) atoms. The number of carbonyl (C=O) groups excluding carboxylic acids is 1. The van der Waals surface area contributed by atoms with E-state index < -0.39 is 2.14 Å². The van der Waals surface area contributed by atoms with Crippen molar-refractivity contribution in [3.63, 3.8) is 0 Å². The Labute approximate surface area is 199 Å². The Morgan fingerprint density at radius 1 is 1.07 bits per heavy atom. The van der Waals surface area contributed by atoms with Crippen LogP contribution >= 0.6 is 63.7 Å². The van der Waals surface area contributed by atoms with Gasteiger partial charge < -0.3 is 9.47 Å². The van der Waals surface area contributed by atoms with E-state index >= 15 is 0 Å². The lowest BCUT2D eigenvalue weighted by atomic mass is 10.1. The standard InChI is InChI=1S/C21H20Br4O3/c1-20(2)16(18(22)21(23,24)25)17(20)19(26)27-12-13-7-6-10-15(11-13)28-14-8-4-3-5-9-14/h3-11,16-18H,12H2,1-2H3/t16-,17-,18?/m0/s1. The molecule has 150 valence electrons. The Balaban J connectivity index is 1.60. The van der Waals surface area contributed by atoms with Crippen LogP contribution in [0.3, 0.4) is 0 Å². The summed E-state index contributed by atoms with van der Waals surface area (Å²) in [6, 6.07) is 17.2. The average Bonchev–Trinajstić information content (AvgIpc) is 3.21. The van der Waals surface area contributed by atoms with Crippen molar-refractivity contribution in [2.24, 2.45) is 17.3 Å². The van der Waals surface area contributed by atoms with Gasteiger partial charge >= 0.3 is 5.97 Å². The lowest BCUT2D eigenvalue weighted by Crippen LogP contribution is -2.22. The van der Waals surface area contributed by atoms with Crippen molar-refractivity contribution in [3.8, 4) is 11.5 Å². The molecule has 0 amide bonds. The Kier molecular flexibility index (Phi) is 7.00. The lowest BCUT2D eigenvalue weighted by Gasteiger charge is -2.20. The van der Waals surface area contributed by atoms with E-state index in [2.05, 4.69) is 77.6 Å². The Morgan fingerprint density at radius 3 is 2.36 bits per heavy atom. The van der Waals surface area contributed by atoms with Crippen molar-refractivity contribution in [1.82, 2.24) is 0 Å². The summed E-state index contributed by atoms with van der Waals surface area (Å²) in [6.45, 7) is 4.40. The third-order valence-corrected chi connectivity index (χ3v) is 9.63. The van der Waals surface area contributed by atoms with Crippen molar-refractivity contribution in [3.05, 3.63) is 60.2 Å². The molecule has 1 aliphatic rings. The van der Waals surface area contributed by atoms with Crippen LogP contribution in [0.4, 0.5) is 0 Å². The molecule has 1 aliphatic carbocycles. The molecule has 7 heteroatoms. The van der Waals surface area contributed by atoms with E-state index in [1.807, 2.05) is 54.6 Å². The maximum absolute atomic E-state index is 12.7. The Morgan fingerprint density at radius 2 is 1.71 bits per heavy atom. The first-order valence-electron chi connectivity index (χ1n) is 8.80. The van der Waals surface area contributed by atoms with Crippen LogP contribution in [-0.4, -0.2) is 12.9 Å². The molecule has 0 heterocycles. The summed E-state index contributed by atoms with van der Waals surface area (Å²) in [6.07, 6.45) is 0. The van der Waals surface area contributed by atoms with Crippen molar-refractivity contribution < 1.29 is 14.3 Å². The van der Waals surface area contributed by atoms with Crippen LogP contribution in [0.1, 0.15) is 19.4 Å². The molecule has 0 spiro atoms. The monoisotopic (exact) mass is 636 g/mol. The SMILES string of the molecule is CC1(C)[C@H](C(=O)OCc2cccc(Oc3ccccc3)c2)[C@H]1C(Br)C(Br)(Br)Br. The zero-order valence-electron chi connectivity index (χ0n) is 15.4. The number of benzene rings is 2. The Hall–Kier alpha value is -0.370. The second-order valence-corrected chi connectivity index (χ2v) is 15.4. The molecule has 1 fully saturated rings. The molecule has 0 bridgehead atoms. The number of hydrogen-bond donors (Lipinski definition) is 0. The molecule has 0 aromatic heterocycles. The van der Waals surface area contributed by atoms with E-state index in [1.165, 1.54) is 0 Å². The van der Waals surface area contributed by atoms with Crippen LogP contribution in [0.2, 0.25) is 0 Å². The third kappa shape index (κ3) is 5.21. The number of rotatable bonds is 6. The quantitative estimate of drug-likeness (QED) is 0.244. The minimum atomic E-state index is -0.465. The van der Waals surface area contributed by atoms with Gasteiger partial charge in [-0.15, -0.1) is 0 Å². The molecular formula is C21H20Br4O3. The maximum Gasteiger partial charge on any atom is 0.310 e. The number of carbonyl (C=O) groups is 1. The predicted molar refractivity (Wildman–Crippen MR) is 126 cm³/mol. The van der Waals surface area contributed by atoms with Gasteiger partial charge in [0.2, 0.25) is 0 Å². The molecule has 0 N–H and O–H groups in total. The summed E-state index contributed by atoms with van der Waals surface area (Å²) in [5.74, 6) is 1.29. The van der Waals surface area contributed by atoms with Crippen molar-refractivity contribution in [1.29, 1.82) is 0 Å². The fraction of sp³-hybridized carbons (Fsp3) is 0.381. The van der Waals surface area contributed by atoms with E-state index in [0.29, 0.717) is 5.75 Å². The highest BCUT2D eigenvalue weighted by atomic mass is 80.0. The first-order chi connectivity index (χ1) is 13.1. The molecule has 1 unspecified atom stereocenters. The van der Waals surface area contributed by atoms with Crippen LogP contribution in [0.5, 0.6) is 11.5 Å². The highest BCUT2D eigenvalue weighted by Gasteiger charge is 2.67. The number of esters is 1. The zero-order chi connectivity index (χ0) is 20.5. The molecule has 1 saturated carbocycles. The number of halogens is 4. The molecular weight excluding hydrogens is 620 g/mol. The fourth-order valence-corrected chi connectivity index (χ4v) is 5.29. The molecule has 0 aliphatic heterocycles. The van der Waals surface area contributed by atoms with E-state index in [0.717, 1.165) is 11.3 Å². The molecule has 2 aromatic rings. The van der Waals surface area contributed by atoms with E-state index in [4.69, 9.17) is 9.47 Å². The van der Waals surface area contributed by atoms with Crippen LogP contribution in [-0.2, 0) is 16.1 Å². The summed E-state index contributed by atoms with van der Waals surface area (Å²) >= 11 is 14.3. The van der Waals surface area contributed by atoms with Crippen LogP contribution < -0.4 is 4.74 Å². The van der Waals surface area contributed by atoms with Gasteiger partial charge in [0.15, 0.2) is 0 Å². The Bertz CT molecular complexity index is 833. The molecule has 2 aromatic carbocycles. The summed E-state index contributed by atoms with van der Waals surface area (Å²) in [5, 5.41) is 0. The minimum absolute atomic E-state index is 0.0233. The third-order valence-electron chi connectivity index (χ3n) is 5.05. The van der Waals surface area contributed by atoms with Crippen LogP contribution in [0.15, 0.2) is 54.6 Å². The van der Waals surface area contributed by atoms with Gasteiger partial charge in [0, 0.05) is 0 Å². The normalized spacial score (nSPS) is 21.6. The van der Waals surface area contributed by atoms with E-state index in [9.17, 15) is 4.79 Å². The van der Waals surface area contributed by atoms with Gasteiger partial charge in [0.1, 0.15) is 20.2 Å². The first kappa shape index (κ1) is 22.3. The lowest BCUT2D eigenvalue weighted by molar-refractivity contribution is -0.147. The van der Waals surface area contributed by atoms with Gasteiger partial charge in [-0.2, -0.15) is 0 Å². The molecule has 0 radical (unpaired) electrons. The van der Waals surface area contributed by atoms with Gasteiger partial charge in [-0.1, -0.05) is 108 Å². The zero-order valence-corrected chi connectivity index (χ0v) is 21.7. The van der Waals surface area contributed by atoms with Crippen LogP contribution in [0.25, 0.3) is 0 Å². The summed E-state index contributed by atoms with van der Waals surface area (Å²) in [4.78, 5) is 12.7. The molecule has 0 saturated heterocycles. The van der Waals surface area contributed by atoms with Crippen molar-refractivity contribution in [2.75, 3.05) is 0 Å². The van der Waals surface area contributed by atoms with Crippen molar-refractivity contribution >= 4 is 69.7 Å². The van der Waals surface area contributed by atoms with E-state index in [1.54, 1.807) is 0 Å². The number of para-hydroxylation sites is 1.